The molecule has 5 heteroatoms. The maximum Gasteiger partial charge on any atom is 0.310 e. The van der Waals surface area contributed by atoms with Crippen LogP contribution < -0.4 is 5.32 Å². The number of hydrogen-bond donors (Lipinski definition) is 1. The molecule has 0 heterocycles. The summed E-state index contributed by atoms with van der Waals surface area (Å²) in [6, 6.07) is 13.8. The Bertz CT molecular complexity index is 775. The smallest absolute Gasteiger partial charge is 0.310 e. The maximum absolute atomic E-state index is 13.1. The van der Waals surface area contributed by atoms with Gasteiger partial charge in [0.1, 0.15) is 5.82 Å². The molecule has 1 aliphatic rings. The molecule has 2 aromatic rings. The average Bonchev–Trinajstić information content (AvgIpc) is 2.60. The second-order valence-electron chi connectivity index (χ2n) is 6.18. The first-order valence-electron chi connectivity index (χ1n) is 8.39. The van der Waals surface area contributed by atoms with Crippen LogP contribution in [0.1, 0.15) is 35.6 Å². The highest BCUT2D eigenvalue weighted by molar-refractivity contribution is 5.81. The Hall–Kier alpha value is -2.69. The number of aryl methyl sites for hydroxylation is 1. The predicted octanol–water partition coefficient (Wildman–Crippen LogP) is 3.11. The van der Waals surface area contributed by atoms with Gasteiger partial charge in [-0.3, -0.25) is 9.59 Å². The van der Waals surface area contributed by atoms with Crippen LogP contribution in [0.25, 0.3) is 0 Å². The highest BCUT2D eigenvalue weighted by Crippen LogP contribution is 2.29. The molecule has 0 unspecified atom stereocenters. The predicted molar refractivity (Wildman–Crippen MR) is 91.3 cm³/mol. The number of hydrogen-bond acceptors (Lipinski definition) is 3. The van der Waals surface area contributed by atoms with Crippen molar-refractivity contribution in [3.63, 3.8) is 0 Å². The maximum atomic E-state index is 13.1. The van der Waals surface area contributed by atoms with Crippen molar-refractivity contribution in [2.75, 3.05) is 6.61 Å². The summed E-state index contributed by atoms with van der Waals surface area (Å²) in [5, 5.41) is 2.93. The molecule has 2 aromatic carbocycles. The quantitative estimate of drug-likeness (QED) is 0.850. The van der Waals surface area contributed by atoms with E-state index in [0.717, 1.165) is 24.8 Å². The van der Waals surface area contributed by atoms with Crippen LogP contribution in [0.5, 0.6) is 0 Å². The van der Waals surface area contributed by atoms with Crippen molar-refractivity contribution in [1.29, 1.82) is 0 Å². The number of ether oxygens (including phenoxy) is 1. The Balaban J connectivity index is 1.49. The summed E-state index contributed by atoms with van der Waals surface area (Å²) in [5.41, 5.74) is 2.90. The molecule has 25 heavy (non-hydrogen) atoms. The zero-order chi connectivity index (χ0) is 17.6. The number of carbonyl (C=O) groups is 2. The fraction of sp³-hybridized carbons (Fsp3) is 0.300. The summed E-state index contributed by atoms with van der Waals surface area (Å²) < 4.78 is 18.1. The number of benzene rings is 2. The Labute approximate surface area is 146 Å². The SMILES string of the molecule is O=C(COC(=O)Cc1cccc(F)c1)N[C@H]1CCCc2ccccc21. The van der Waals surface area contributed by atoms with Crippen LogP contribution in [-0.4, -0.2) is 18.5 Å². The molecule has 3 rings (SSSR count). The fourth-order valence-corrected chi connectivity index (χ4v) is 3.15. The molecule has 0 saturated heterocycles. The van der Waals surface area contributed by atoms with E-state index in [2.05, 4.69) is 11.4 Å². The van der Waals surface area contributed by atoms with Crippen LogP contribution in [0.15, 0.2) is 48.5 Å². The first-order chi connectivity index (χ1) is 12.1. The van der Waals surface area contributed by atoms with E-state index in [4.69, 9.17) is 4.74 Å². The molecule has 0 fully saturated rings. The van der Waals surface area contributed by atoms with Crippen LogP contribution in [-0.2, 0) is 27.2 Å². The Morgan fingerprint density at radius 3 is 2.84 bits per heavy atom. The minimum absolute atomic E-state index is 0.0422. The molecule has 0 aliphatic heterocycles. The van der Waals surface area contributed by atoms with E-state index in [1.807, 2.05) is 18.2 Å². The van der Waals surface area contributed by atoms with Crippen molar-refractivity contribution in [2.24, 2.45) is 0 Å². The summed E-state index contributed by atoms with van der Waals surface area (Å²) in [4.78, 5) is 23.9. The number of rotatable bonds is 5. The van der Waals surface area contributed by atoms with Gasteiger partial charge in [-0.1, -0.05) is 36.4 Å². The zero-order valence-corrected chi connectivity index (χ0v) is 13.8. The lowest BCUT2D eigenvalue weighted by Crippen LogP contribution is -2.34. The molecule has 130 valence electrons. The lowest BCUT2D eigenvalue weighted by Gasteiger charge is -2.26. The Morgan fingerprint density at radius 1 is 1.16 bits per heavy atom. The van der Waals surface area contributed by atoms with E-state index in [0.29, 0.717) is 5.56 Å². The number of carbonyl (C=O) groups excluding carboxylic acids is 2. The third kappa shape index (κ3) is 4.66. The van der Waals surface area contributed by atoms with Crippen LogP contribution in [0, 0.1) is 5.82 Å². The number of halogens is 1. The van der Waals surface area contributed by atoms with E-state index in [9.17, 15) is 14.0 Å². The molecule has 1 atom stereocenters. The lowest BCUT2D eigenvalue weighted by molar-refractivity contribution is -0.148. The van der Waals surface area contributed by atoms with Gasteiger partial charge < -0.3 is 10.1 Å². The molecule has 1 aliphatic carbocycles. The van der Waals surface area contributed by atoms with Crippen LogP contribution >= 0.6 is 0 Å². The Kier molecular flexibility index (Phi) is 5.43. The summed E-state index contributed by atoms with van der Waals surface area (Å²) >= 11 is 0. The normalized spacial score (nSPS) is 16.0. The Morgan fingerprint density at radius 2 is 2.00 bits per heavy atom. The van der Waals surface area contributed by atoms with E-state index in [1.165, 1.54) is 23.8 Å². The van der Waals surface area contributed by atoms with Crippen molar-refractivity contribution in [2.45, 2.75) is 31.7 Å². The molecule has 1 amide bonds. The van der Waals surface area contributed by atoms with E-state index in [1.54, 1.807) is 6.07 Å². The van der Waals surface area contributed by atoms with Gasteiger partial charge in [-0.25, -0.2) is 4.39 Å². The molecule has 0 aromatic heterocycles. The second-order valence-corrected chi connectivity index (χ2v) is 6.18. The van der Waals surface area contributed by atoms with Crippen molar-refractivity contribution in [3.8, 4) is 0 Å². The third-order valence-electron chi connectivity index (χ3n) is 4.31. The van der Waals surface area contributed by atoms with E-state index < -0.39 is 11.8 Å². The van der Waals surface area contributed by atoms with Crippen molar-refractivity contribution >= 4 is 11.9 Å². The average molecular weight is 341 g/mol. The molecule has 0 radical (unpaired) electrons. The van der Waals surface area contributed by atoms with E-state index in [-0.39, 0.29) is 25.0 Å². The van der Waals surface area contributed by atoms with Gasteiger partial charge in [0.25, 0.3) is 5.91 Å². The highest BCUT2D eigenvalue weighted by Gasteiger charge is 2.21. The first kappa shape index (κ1) is 17.1. The second kappa shape index (κ2) is 7.92. The largest absolute Gasteiger partial charge is 0.455 e. The molecule has 0 bridgehead atoms. The monoisotopic (exact) mass is 341 g/mol. The van der Waals surface area contributed by atoms with Crippen LogP contribution in [0.4, 0.5) is 4.39 Å². The van der Waals surface area contributed by atoms with Gasteiger partial charge in [-0.2, -0.15) is 0 Å². The molecule has 0 spiro atoms. The molecule has 0 saturated carbocycles. The van der Waals surface area contributed by atoms with Gasteiger partial charge in [0.15, 0.2) is 6.61 Å². The molecule has 4 nitrogen and oxygen atoms in total. The van der Waals surface area contributed by atoms with Gasteiger partial charge in [0, 0.05) is 0 Å². The van der Waals surface area contributed by atoms with E-state index >= 15 is 0 Å². The number of fused-ring (bicyclic) bond motifs is 1. The summed E-state index contributed by atoms with van der Waals surface area (Å²) in [6.07, 6.45) is 2.85. The van der Waals surface area contributed by atoms with Crippen molar-refractivity contribution in [3.05, 3.63) is 71.0 Å². The number of esters is 1. The minimum Gasteiger partial charge on any atom is -0.455 e. The van der Waals surface area contributed by atoms with Gasteiger partial charge in [-0.15, -0.1) is 0 Å². The summed E-state index contributed by atoms with van der Waals surface area (Å²) in [5.74, 6) is -1.28. The molecular weight excluding hydrogens is 321 g/mol. The lowest BCUT2D eigenvalue weighted by atomic mass is 9.88. The molecule has 1 N–H and O–H groups in total. The highest BCUT2D eigenvalue weighted by atomic mass is 19.1. The summed E-state index contributed by atoms with van der Waals surface area (Å²) in [7, 11) is 0. The topological polar surface area (TPSA) is 55.4 Å². The summed E-state index contributed by atoms with van der Waals surface area (Å²) in [6.45, 7) is -0.327. The molecular formula is C20H20FNO3. The van der Waals surface area contributed by atoms with Crippen LogP contribution in [0.2, 0.25) is 0 Å². The number of amides is 1. The number of nitrogens with one attached hydrogen (secondary N) is 1. The fourth-order valence-electron chi connectivity index (χ4n) is 3.15. The first-order valence-corrected chi connectivity index (χ1v) is 8.39. The van der Waals surface area contributed by atoms with Gasteiger partial charge in [0.2, 0.25) is 0 Å². The minimum atomic E-state index is -0.551. The van der Waals surface area contributed by atoms with Gasteiger partial charge in [-0.05, 0) is 48.1 Å². The van der Waals surface area contributed by atoms with Gasteiger partial charge in [0.05, 0.1) is 12.5 Å². The van der Waals surface area contributed by atoms with Gasteiger partial charge >= 0.3 is 5.97 Å². The standard InChI is InChI=1S/C20H20FNO3/c21-16-8-3-5-14(11-16)12-20(24)25-13-19(23)22-18-10-4-7-15-6-1-2-9-17(15)18/h1-3,5-6,8-9,11,18H,4,7,10,12-13H2,(H,22,23)/t18-/m0/s1. The van der Waals surface area contributed by atoms with Crippen molar-refractivity contribution in [1.82, 2.24) is 5.32 Å². The third-order valence-corrected chi connectivity index (χ3v) is 4.31. The van der Waals surface area contributed by atoms with Crippen LogP contribution in [0.3, 0.4) is 0 Å². The van der Waals surface area contributed by atoms with Crippen molar-refractivity contribution < 1.29 is 18.7 Å². The zero-order valence-electron chi connectivity index (χ0n) is 13.8.